The molecule has 1 aliphatic rings. The van der Waals surface area contributed by atoms with E-state index in [0.717, 1.165) is 12.8 Å². The Morgan fingerprint density at radius 3 is 2.15 bits per heavy atom. The highest BCUT2D eigenvalue weighted by Gasteiger charge is 2.26. The number of nitrogens with zero attached hydrogens (tertiary/aromatic N) is 1. The first-order valence-corrected chi connectivity index (χ1v) is 10.6. The Kier molecular flexibility index (Phi) is 6.13. The maximum atomic E-state index is 12.5. The standard InChI is InChI=1S/C18H18F2N2O3S2/c19-18(20)26-15-7-3-13(4-8-15)17(23)21-14-5-9-16(10-6-14)27(24,25)22-11-1-2-12-22/h3-10,18H,1-2,11-12H2,(H,21,23). The number of nitrogens with one attached hydrogen (secondary N) is 1. The van der Waals surface area contributed by atoms with Gasteiger partial charge < -0.3 is 5.32 Å². The van der Waals surface area contributed by atoms with Crippen molar-refractivity contribution in [3.05, 3.63) is 54.1 Å². The van der Waals surface area contributed by atoms with Gasteiger partial charge >= 0.3 is 0 Å². The molecule has 0 spiro atoms. The van der Waals surface area contributed by atoms with Gasteiger partial charge in [0.2, 0.25) is 10.0 Å². The van der Waals surface area contributed by atoms with Gasteiger partial charge in [0.1, 0.15) is 0 Å². The third-order valence-corrected chi connectivity index (χ3v) is 6.79. The molecule has 9 heteroatoms. The second-order valence-electron chi connectivity index (χ2n) is 5.99. The number of sulfonamides is 1. The molecule has 144 valence electrons. The summed E-state index contributed by atoms with van der Waals surface area (Å²) < 4.78 is 51.1. The first-order valence-electron chi connectivity index (χ1n) is 8.33. The number of benzene rings is 2. The molecular weight excluding hydrogens is 394 g/mol. The molecule has 1 heterocycles. The van der Waals surface area contributed by atoms with Crippen LogP contribution in [0, 0.1) is 0 Å². The molecule has 3 rings (SSSR count). The first-order chi connectivity index (χ1) is 12.9. The van der Waals surface area contributed by atoms with Crippen LogP contribution in [-0.2, 0) is 10.0 Å². The lowest BCUT2D eigenvalue weighted by atomic mass is 10.2. The fourth-order valence-corrected chi connectivity index (χ4v) is 4.79. The zero-order valence-electron chi connectivity index (χ0n) is 14.3. The number of thioether (sulfide) groups is 1. The molecule has 0 saturated carbocycles. The van der Waals surface area contributed by atoms with Gasteiger partial charge in [-0.15, -0.1) is 0 Å². The van der Waals surface area contributed by atoms with Crippen molar-refractivity contribution in [3.8, 4) is 0 Å². The lowest BCUT2D eigenvalue weighted by Gasteiger charge is -2.15. The Hall–Kier alpha value is -1.97. The van der Waals surface area contributed by atoms with Crippen molar-refractivity contribution < 1.29 is 22.0 Å². The zero-order valence-corrected chi connectivity index (χ0v) is 15.9. The maximum absolute atomic E-state index is 12.5. The van der Waals surface area contributed by atoms with E-state index in [2.05, 4.69) is 5.32 Å². The number of amides is 1. The highest BCUT2D eigenvalue weighted by atomic mass is 32.2. The summed E-state index contributed by atoms with van der Waals surface area (Å²) in [6.45, 7) is 1.06. The van der Waals surface area contributed by atoms with Crippen molar-refractivity contribution >= 4 is 33.4 Å². The zero-order chi connectivity index (χ0) is 19.4. The van der Waals surface area contributed by atoms with E-state index in [0.29, 0.717) is 41.0 Å². The topological polar surface area (TPSA) is 66.5 Å². The SMILES string of the molecule is O=C(Nc1ccc(S(=O)(=O)N2CCCC2)cc1)c1ccc(SC(F)F)cc1. The average Bonchev–Trinajstić information content (AvgIpc) is 3.18. The normalized spacial score (nSPS) is 15.2. The lowest BCUT2D eigenvalue weighted by Crippen LogP contribution is -2.27. The van der Waals surface area contributed by atoms with Crippen molar-refractivity contribution in [2.75, 3.05) is 18.4 Å². The number of carbonyl (C=O) groups excluding carboxylic acids is 1. The summed E-state index contributed by atoms with van der Waals surface area (Å²) in [5.41, 5.74) is 0.772. The predicted octanol–water partition coefficient (Wildman–Crippen LogP) is 4.04. The van der Waals surface area contributed by atoms with Crippen molar-refractivity contribution in [1.82, 2.24) is 4.31 Å². The summed E-state index contributed by atoms with van der Waals surface area (Å²) in [4.78, 5) is 12.8. The van der Waals surface area contributed by atoms with E-state index in [4.69, 9.17) is 0 Å². The summed E-state index contributed by atoms with van der Waals surface area (Å²) in [6, 6.07) is 11.8. The van der Waals surface area contributed by atoms with Gasteiger partial charge in [-0.1, -0.05) is 11.8 Å². The van der Waals surface area contributed by atoms with Crippen LogP contribution in [0.1, 0.15) is 23.2 Å². The van der Waals surface area contributed by atoms with Crippen LogP contribution in [0.3, 0.4) is 0 Å². The molecule has 1 N–H and O–H groups in total. The molecule has 1 amide bonds. The van der Waals surface area contributed by atoms with E-state index < -0.39 is 21.7 Å². The summed E-state index contributed by atoms with van der Waals surface area (Å²) in [7, 11) is -3.49. The lowest BCUT2D eigenvalue weighted by molar-refractivity contribution is 0.102. The summed E-state index contributed by atoms with van der Waals surface area (Å²) >= 11 is 0.411. The van der Waals surface area contributed by atoms with Gasteiger partial charge in [-0.2, -0.15) is 13.1 Å². The summed E-state index contributed by atoms with van der Waals surface area (Å²) in [6.07, 6.45) is 1.73. The van der Waals surface area contributed by atoms with Crippen molar-refractivity contribution in [2.45, 2.75) is 28.4 Å². The molecule has 0 atom stereocenters. The molecule has 27 heavy (non-hydrogen) atoms. The Labute approximate surface area is 160 Å². The fraction of sp³-hybridized carbons (Fsp3) is 0.278. The Bertz CT molecular complexity index is 895. The second kappa shape index (κ2) is 8.37. The van der Waals surface area contributed by atoms with E-state index in [9.17, 15) is 22.0 Å². The number of carbonyl (C=O) groups is 1. The fourth-order valence-electron chi connectivity index (χ4n) is 2.78. The molecule has 2 aromatic carbocycles. The third-order valence-electron chi connectivity index (χ3n) is 4.16. The van der Waals surface area contributed by atoms with Crippen LogP contribution in [0.2, 0.25) is 0 Å². The van der Waals surface area contributed by atoms with E-state index in [1.807, 2.05) is 0 Å². The van der Waals surface area contributed by atoms with Crippen LogP contribution in [-0.4, -0.2) is 37.5 Å². The minimum absolute atomic E-state index is 0.191. The van der Waals surface area contributed by atoms with Crippen molar-refractivity contribution in [3.63, 3.8) is 0 Å². The van der Waals surface area contributed by atoms with Crippen LogP contribution in [0.25, 0.3) is 0 Å². The molecule has 0 aliphatic carbocycles. The highest BCUT2D eigenvalue weighted by Crippen LogP contribution is 2.26. The predicted molar refractivity (Wildman–Crippen MR) is 101 cm³/mol. The molecule has 1 aliphatic heterocycles. The molecule has 1 saturated heterocycles. The van der Waals surface area contributed by atoms with Crippen LogP contribution >= 0.6 is 11.8 Å². The highest BCUT2D eigenvalue weighted by molar-refractivity contribution is 7.99. The van der Waals surface area contributed by atoms with Gasteiger partial charge in [0, 0.05) is 29.2 Å². The molecule has 2 aromatic rings. The number of hydrogen-bond donors (Lipinski definition) is 1. The van der Waals surface area contributed by atoms with E-state index >= 15 is 0 Å². The van der Waals surface area contributed by atoms with Crippen LogP contribution < -0.4 is 5.32 Å². The molecular formula is C18H18F2N2O3S2. The Morgan fingerprint density at radius 1 is 1.00 bits per heavy atom. The molecule has 0 unspecified atom stereocenters. The molecule has 0 aromatic heterocycles. The summed E-state index contributed by atoms with van der Waals surface area (Å²) in [5.74, 6) is -2.92. The first kappa shape index (κ1) is 19.8. The smallest absolute Gasteiger partial charge is 0.288 e. The van der Waals surface area contributed by atoms with Gasteiger partial charge in [0.05, 0.1) is 4.90 Å². The molecule has 5 nitrogen and oxygen atoms in total. The Balaban J connectivity index is 1.66. The number of anilines is 1. The number of rotatable bonds is 6. The number of alkyl halides is 2. The van der Waals surface area contributed by atoms with Gasteiger partial charge in [0.15, 0.2) is 0 Å². The summed E-state index contributed by atoms with van der Waals surface area (Å²) in [5, 5.41) is 2.66. The second-order valence-corrected chi connectivity index (χ2v) is 8.99. The van der Waals surface area contributed by atoms with Gasteiger partial charge in [-0.3, -0.25) is 4.79 Å². The molecule has 0 bridgehead atoms. The van der Waals surface area contributed by atoms with Crippen LogP contribution in [0.15, 0.2) is 58.3 Å². The van der Waals surface area contributed by atoms with Crippen LogP contribution in [0.5, 0.6) is 0 Å². The van der Waals surface area contributed by atoms with Gasteiger partial charge in [-0.25, -0.2) is 8.42 Å². The number of halogens is 2. The maximum Gasteiger partial charge on any atom is 0.288 e. The minimum Gasteiger partial charge on any atom is -0.322 e. The van der Waals surface area contributed by atoms with Gasteiger partial charge in [0.25, 0.3) is 11.7 Å². The average molecular weight is 412 g/mol. The van der Waals surface area contributed by atoms with Crippen molar-refractivity contribution in [1.29, 1.82) is 0 Å². The van der Waals surface area contributed by atoms with Crippen LogP contribution in [0.4, 0.5) is 14.5 Å². The van der Waals surface area contributed by atoms with E-state index in [-0.39, 0.29) is 4.90 Å². The van der Waals surface area contributed by atoms with Gasteiger partial charge in [-0.05, 0) is 61.4 Å². The largest absolute Gasteiger partial charge is 0.322 e. The Morgan fingerprint density at radius 2 is 1.59 bits per heavy atom. The molecule has 1 fully saturated rings. The quantitative estimate of drug-likeness (QED) is 0.728. The third kappa shape index (κ3) is 4.85. The van der Waals surface area contributed by atoms with E-state index in [1.54, 1.807) is 0 Å². The monoisotopic (exact) mass is 412 g/mol. The van der Waals surface area contributed by atoms with E-state index in [1.165, 1.54) is 52.8 Å². The minimum atomic E-state index is -3.49. The molecule has 0 radical (unpaired) electrons. The van der Waals surface area contributed by atoms with Crippen molar-refractivity contribution in [2.24, 2.45) is 0 Å². The number of hydrogen-bond acceptors (Lipinski definition) is 4.